The lowest BCUT2D eigenvalue weighted by molar-refractivity contribution is -0.0934. The summed E-state index contributed by atoms with van der Waals surface area (Å²) >= 11 is 1.21. The number of carbonyl (C=O) groups excluding carboxylic acids is 2. The number of carbonyl (C=O) groups is 2. The molecular weight excluding hydrogens is 629 g/mol. The van der Waals surface area contributed by atoms with Crippen LogP contribution in [-0.2, 0) is 4.74 Å². The largest absolute Gasteiger partial charge is 0.496 e. The van der Waals surface area contributed by atoms with Crippen LogP contribution in [-0.4, -0.2) is 50.3 Å². The van der Waals surface area contributed by atoms with Gasteiger partial charge in [-0.05, 0) is 55.7 Å². The molecule has 3 aromatic rings. The zero-order valence-electron chi connectivity index (χ0n) is 27.2. The average molecular weight is 672 g/mol. The van der Waals surface area contributed by atoms with Crippen LogP contribution >= 0.6 is 11.3 Å². The molecule has 0 fully saturated rings. The maximum absolute atomic E-state index is 13.9. The maximum atomic E-state index is 13.9. The predicted octanol–water partition coefficient (Wildman–Crippen LogP) is 8.72. The Morgan fingerprint density at radius 2 is 1.70 bits per heavy atom. The first kappa shape index (κ1) is 38.6. The second-order valence-electron chi connectivity index (χ2n) is 11.3. The number of fused-ring (bicyclic) bond motifs is 1. The second-order valence-corrected chi connectivity index (χ2v) is 12.5. The van der Waals surface area contributed by atoms with Crippen molar-refractivity contribution in [1.29, 1.82) is 0 Å². The lowest BCUT2D eigenvalue weighted by Gasteiger charge is -2.21. The summed E-state index contributed by atoms with van der Waals surface area (Å²) in [6, 6.07) is 4.33. The number of ether oxygens (including phenoxy) is 2. The van der Waals surface area contributed by atoms with Crippen molar-refractivity contribution in [3.05, 3.63) is 64.2 Å². The molecule has 0 aliphatic heterocycles. The Balaban J connectivity index is 0.000000521. The molecule has 0 bridgehead atoms. The number of alkyl halides is 3. The number of amides is 2. The van der Waals surface area contributed by atoms with Crippen LogP contribution in [0.3, 0.4) is 0 Å². The summed E-state index contributed by atoms with van der Waals surface area (Å²) in [4.78, 5) is 29.9. The van der Waals surface area contributed by atoms with Gasteiger partial charge in [0.15, 0.2) is 11.6 Å². The summed E-state index contributed by atoms with van der Waals surface area (Å²) in [5.41, 5.74) is -1.33. The maximum Gasteiger partial charge on any atom is 0.412 e. The van der Waals surface area contributed by atoms with Gasteiger partial charge in [-0.3, -0.25) is 9.59 Å². The summed E-state index contributed by atoms with van der Waals surface area (Å²) in [7, 11) is 3.13. The van der Waals surface area contributed by atoms with Gasteiger partial charge in [-0.25, -0.2) is 13.8 Å². The highest BCUT2D eigenvalue weighted by molar-refractivity contribution is 7.19. The molecule has 3 rings (SSSR count). The van der Waals surface area contributed by atoms with E-state index in [0.29, 0.717) is 33.3 Å². The third kappa shape index (κ3) is 10.8. The lowest BCUT2D eigenvalue weighted by Crippen LogP contribution is -2.28. The van der Waals surface area contributed by atoms with Crippen LogP contribution in [0.2, 0.25) is 0 Å². The van der Waals surface area contributed by atoms with E-state index in [4.69, 9.17) is 9.47 Å². The molecule has 7 nitrogen and oxygen atoms in total. The molecule has 13 heteroatoms. The SMILES string of the molecule is C=C(CCNC(=O)c1cc(F)c(F)cc1NC(=O)c1c(OC)ccc2nc(C)sc12)C(F)(F)F.CCC(C)C(C)CC(C)COC. The molecule has 46 heavy (non-hydrogen) atoms. The van der Waals surface area contributed by atoms with Crippen molar-refractivity contribution in [2.75, 3.05) is 32.7 Å². The molecule has 2 aromatic carbocycles. The molecule has 0 saturated carbocycles. The van der Waals surface area contributed by atoms with Crippen LogP contribution in [0.25, 0.3) is 10.2 Å². The second kappa shape index (κ2) is 17.4. The van der Waals surface area contributed by atoms with Crippen LogP contribution < -0.4 is 15.4 Å². The van der Waals surface area contributed by atoms with Gasteiger partial charge >= 0.3 is 6.18 Å². The van der Waals surface area contributed by atoms with E-state index < -0.39 is 53.7 Å². The number of rotatable bonds is 13. The molecule has 0 spiro atoms. The van der Waals surface area contributed by atoms with Gasteiger partial charge in [0.05, 0.1) is 33.6 Å². The van der Waals surface area contributed by atoms with E-state index in [-0.39, 0.29) is 17.0 Å². The molecule has 1 aromatic heterocycles. The lowest BCUT2D eigenvalue weighted by atomic mass is 9.86. The van der Waals surface area contributed by atoms with Crippen molar-refractivity contribution in [2.45, 2.75) is 60.1 Å². The number of nitrogens with one attached hydrogen (secondary N) is 2. The Hall–Kier alpha value is -3.58. The number of aromatic nitrogens is 1. The van der Waals surface area contributed by atoms with Gasteiger partial charge in [-0.2, -0.15) is 13.2 Å². The molecule has 3 unspecified atom stereocenters. The normalized spacial score (nSPS) is 13.3. The average Bonchev–Trinajstić information content (AvgIpc) is 3.37. The first-order chi connectivity index (χ1) is 21.5. The highest BCUT2D eigenvalue weighted by Gasteiger charge is 2.31. The Kier molecular flexibility index (Phi) is 14.6. The van der Waals surface area contributed by atoms with Crippen LogP contribution in [0.5, 0.6) is 5.75 Å². The molecule has 1 heterocycles. The van der Waals surface area contributed by atoms with Crippen LogP contribution in [0.1, 0.15) is 72.7 Å². The van der Waals surface area contributed by atoms with Crippen LogP contribution in [0, 0.1) is 36.3 Å². The van der Waals surface area contributed by atoms with E-state index in [0.717, 1.165) is 18.4 Å². The van der Waals surface area contributed by atoms with Crippen molar-refractivity contribution >= 4 is 39.1 Å². The Bertz CT molecular complexity index is 1510. The highest BCUT2D eigenvalue weighted by atomic mass is 32.1. The standard InChI is InChI=1S/C22H18F5N3O3S.C11H24O/c1-10(22(25,26)27)6-7-28-20(31)12-8-13(23)14(24)9-16(12)30-21(32)18-17(33-3)5-4-15-19(18)34-11(2)29-15;1-6-10(3)11(4)7-9(2)8-12-5/h4-5,8-9H,1,6-7H2,2-3H3,(H,28,31)(H,30,32);9-11H,6-8H2,1-5H3. The van der Waals surface area contributed by atoms with Crippen molar-refractivity contribution in [3.63, 3.8) is 0 Å². The Morgan fingerprint density at radius 3 is 2.28 bits per heavy atom. The number of benzene rings is 2. The smallest absolute Gasteiger partial charge is 0.412 e. The minimum absolute atomic E-state index is 0.0724. The topological polar surface area (TPSA) is 89.6 Å². The van der Waals surface area contributed by atoms with Crippen molar-refractivity contribution in [2.24, 2.45) is 17.8 Å². The number of anilines is 1. The Labute approximate surface area is 270 Å². The first-order valence-corrected chi connectivity index (χ1v) is 15.6. The molecule has 0 aliphatic rings. The van der Waals surface area contributed by atoms with Gasteiger partial charge in [0.25, 0.3) is 11.8 Å². The number of thiazole rings is 1. The third-order valence-corrected chi connectivity index (χ3v) is 8.58. The minimum Gasteiger partial charge on any atom is -0.496 e. The summed E-state index contributed by atoms with van der Waals surface area (Å²) in [6.45, 7) is 14.3. The van der Waals surface area contributed by atoms with Gasteiger partial charge in [0, 0.05) is 31.9 Å². The number of hydrogen-bond donors (Lipinski definition) is 2. The fourth-order valence-electron chi connectivity index (χ4n) is 4.68. The number of hydrogen-bond acceptors (Lipinski definition) is 6. The van der Waals surface area contributed by atoms with E-state index in [1.54, 1.807) is 20.1 Å². The van der Waals surface area contributed by atoms with E-state index >= 15 is 0 Å². The predicted molar refractivity (Wildman–Crippen MR) is 172 cm³/mol. The molecule has 0 radical (unpaired) electrons. The van der Waals surface area contributed by atoms with Gasteiger partial charge in [0.2, 0.25) is 0 Å². The van der Waals surface area contributed by atoms with Crippen molar-refractivity contribution in [3.8, 4) is 5.75 Å². The highest BCUT2D eigenvalue weighted by Crippen LogP contribution is 2.33. The molecule has 2 N–H and O–H groups in total. The number of halogens is 5. The van der Waals surface area contributed by atoms with E-state index in [1.165, 1.54) is 37.4 Å². The third-order valence-electron chi connectivity index (χ3n) is 7.58. The van der Waals surface area contributed by atoms with Crippen LogP contribution in [0.15, 0.2) is 36.4 Å². The molecule has 254 valence electrons. The fraction of sp³-hybridized carbons (Fsp3) is 0.485. The van der Waals surface area contributed by atoms with Crippen molar-refractivity contribution in [1.82, 2.24) is 10.3 Å². The van der Waals surface area contributed by atoms with E-state index in [1.807, 2.05) is 0 Å². The summed E-state index contributed by atoms with van der Waals surface area (Å²) in [6.07, 6.45) is -2.64. The first-order valence-electron chi connectivity index (χ1n) is 14.8. The van der Waals surface area contributed by atoms with Gasteiger partial charge in [0.1, 0.15) is 11.3 Å². The molecule has 0 saturated heterocycles. The van der Waals surface area contributed by atoms with E-state index in [2.05, 4.69) is 49.9 Å². The number of nitrogens with zero attached hydrogens (tertiary/aromatic N) is 1. The van der Waals surface area contributed by atoms with Gasteiger partial charge < -0.3 is 20.1 Å². The minimum atomic E-state index is -4.62. The monoisotopic (exact) mass is 671 g/mol. The quantitative estimate of drug-likeness (QED) is 0.140. The summed E-state index contributed by atoms with van der Waals surface area (Å²) in [5.74, 6) is -1.92. The Morgan fingerprint density at radius 1 is 1.04 bits per heavy atom. The van der Waals surface area contributed by atoms with Gasteiger partial charge in [-0.15, -0.1) is 11.3 Å². The van der Waals surface area contributed by atoms with E-state index in [9.17, 15) is 31.5 Å². The van der Waals surface area contributed by atoms with Gasteiger partial charge in [-0.1, -0.05) is 40.7 Å². The number of aryl methyl sites for hydroxylation is 1. The van der Waals surface area contributed by atoms with Crippen molar-refractivity contribution < 1.29 is 41.0 Å². The molecule has 2 amide bonds. The van der Waals surface area contributed by atoms with Crippen LogP contribution in [0.4, 0.5) is 27.6 Å². The number of methoxy groups -OCH3 is 2. The molecular formula is C33H42F5N3O4S. The zero-order chi connectivity index (χ0) is 34.8. The summed E-state index contributed by atoms with van der Waals surface area (Å²) in [5, 5.41) is 5.23. The fourth-order valence-corrected chi connectivity index (χ4v) is 5.63. The zero-order valence-corrected chi connectivity index (χ0v) is 28.0. The summed E-state index contributed by atoms with van der Waals surface area (Å²) < 4.78 is 76.4. The molecule has 0 aliphatic carbocycles. The molecule has 3 atom stereocenters.